The number of hydrogen-bond acceptors (Lipinski definition) is 6. The predicted molar refractivity (Wildman–Crippen MR) is 109 cm³/mol. The molecule has 1 atom stereocenters. The van der Waals surface area contributed by atoms with Gasteiger partial charge in [-0.15, -0.1) is 0 Å². The summed E-state index contributed by atoms with van der Waals surface area (Å²) in [7, 11) is -3.79. The van der Waals surface area contributed by atoms with Gasteiger partial charge < -0.3 is 9.47 Å². The van der Waals surface area contributed by atoms with Gasteiger partial charge in [-0.2, -0.15) is 0 Å². The Balaban J connectivity index is 1.57. The first kappa shape index (κ1) is 21.6. The number of hydrazine groups is 1. The lowest BCUT2D eigenvalue weighted by molar-refractivity contribution is -0.130. The average molecular weight is 433 g/mol. The summed E-state index contributed by atoms with van der Waals surface area (Å²) in [4.78, 5) is 24.1. The van der Waals surface area contributed by atoms with Crippen LogP contribution in [0.5, 0.6) is 5.75 Å². The summed E-state index contributed by atoms with van der Waals surface area (Å²) < 4.78 is 38.0. The second-order valence-corrected chi connectivity index (χ2v) is 8.21. The first-order valence-electron chi connectivity index (χ1n) is 9.46. The van der Waals surface area contributed by atoms with Crippen molar-refractivity contribution < 1.29 is 27.5 Å². The molecule has 3 rings (SSSR count). The standard InChI is InChI=1S/C20H23N3O6S/c1-2-28-16-9-11-17(12-10-16)30(26,27)23-15-7-5-14(6-8-15)19(24)21-22-20(25)18-4-3-13-29-18/h5-12,18,23H,2-4,13H2,1H3,(H,21,24)(H,22,25). The molecule has 0 aromatic heterocycles. The summed E-state index contributed by atoms with van der Waals surface area (Å²) >= 11 is 0. The molecule has 2 amide bonds. The van der Waals surface area contributed by atoms with Crippen molar-refractivity contribution in [2.45, 2.75) is 30.8 Å². The number of carbonyl (C=O) groups excluding carboxylic acids is 2. The highest BCUT2D eigenvalue weighted by atomic mass is 32.2. The molecule has 1 aliphatic heterocycles. The van der Waals surface area contributed by atoms with Crippen LogP contribution in [0.4, 0.5) is 5.69 Å². The Hall–Kier alpha value is -3.11. The third-order valence-electron chi connectivity index (χ3n) is 4.37. The molecule has 9 nitrogen and oxygen atoms in total. The fourth-order valence-corrected chi connectivity index (χ4v) is 3.90. The molecule has 2 aromatic rings. The molecule has 0 radical (unpaired) electrons. The summed E-state index contributed by atoms with van der Waals surface area (Å²) in [5, 5.41) is 0. The lowest BCUT2D eigenvalue weighted by Crippen LogP contribution is -2.46. The van der Waals surface area contributed by atoms with Gasteiger partial charge in [0.25, 0.3) is 21.8 Å². The molecule has 1 saturated heterocycles. The van der Waals surface area contributed by atoms with Gasteiger partial charge in [0, 0.05) is 17.9 Å². The third kappa shape index (κ3) is 5.49. The Bertz CT molecular complexity index is 984. The van der Waals surface area contributed by atoms with E-state index in [4.69, 9.17) is 9.47 Å². The Morgan fingerprint density at radius 2 is 1.77 bits per heavy atom. The van der Waals surface area contributed by atoms with Gasteiger partial charge in [-0.05, 0) is 68.3 Å². The fraction of sp³-hybridized carbons (Fsp3) is 0.300. The number of amides is 2. The van der Waals surface area contributed by atoms with Gasteiger partial charge in [0.15, 0.2) is 0 Å². The molecule has 3 N–H and O–H groups in total. The van der Waals surface area contributed by atoms with Crippen LogP contribution in [-0.4, -0.2) is 39.5 Å². The maximum atomic E-state index is 12.5. The quantitative estimate of drug-likeness (QED) is 0.573. The number of anilines is 1. The van der Waals surface area contributed by atoms with E-state index in [2.05, 4.69) is 15.6 Å². The molecular formula is C20H23N3O6S. The normalized spacial score (nSPS) is 16.0. The number of ether oxygens (including phenoxy) is 2. The van der Waals surface area contributed by atoms with E-state index in [0.717, 1.165) is 6.42 Å². The summed E-state index contributed by atoms with van der Waals surface area (Å²) in [6, 6.07) is 11.9. The van der Waals surface area contributed by atoms with Crippen LogP contribution in [0, 0.1) is 0 Å². The molecule has 1 aliphatic rings. The van der Waals surface area contributed by atoms with Crippen LogP contribution in [0.1, 0.15) is 30.1 Å². The predicted octanol–water partition coefficient (Wildman–Crippen LogP) is 1.83. The first-order valence-corrected chi connectivity index (χ1v) is 10.9. The first-order chi connectivity index (χ1) is 14.4. The SMILES string of the molecule is CCOc1ccc(S(=O)(=O)Nc2ccc(C(=O)NNC(=O)C3CCCO3)cc2)cc1. The largest absolute Gasteiger partial charge is 0.494 e. The Labute approximate surface area is 174 Å². The van der Waals surface area contributed by atoms with Crippen molar-refractivity contribution in [2.75, 3.05) is 17.9 Å². The molecule has 1 heterocycles. The van der Waals surface area contributed by atoms with E-state index in [0.29, 0.717) is 31.1 Å². The number of benzene rings is 2. The highest BCUT2D eigenvalue weighted by molar-refractivity contribution is 7.92. The van der Waals surface area contributed by atoms with Crippen molar-refractivity contribution in [3.63, 3.8) is 0 Å². The summed E-state index contributed by atoms with van der Waals surface area (Å²) in [6.07, 6.45) is 0.870. The van der Waals surface area contributed by atoms with Crippen molar-refractivity contribution in [2.24, 2.45) is 0 Å². The maximum absolute atomic E-state index is 12.5. The molecule has 30 heavy (non-hydrogen) atoms. The van der Waals surface area contributed by atoms with E-state index < -0.39 is 27.9 Å². The minimum absolute atomic E-state index is 0.0876. The fourth-order valence-electron chi connectivity index (χ4n) is 2.84. The van der Waals surface area contributed by atoms with Crippen molar-refractivity contribution in [1.82, 2.24) is 10.9 Å². The van der Waals surface area contributed by atoms with Crippen molar-refractivity contribution >= 4 is 27.5 Å². The maximum Gasteiger partial charge on any atom is 0.269 e. The lowest BCUT2D eigenvalue weighted by atomic mass is 10.2. The minimum Gasteiger partial charge on any atom is -0.494 e. The Morgan fingerprint density at radius 3 is 2.37 bits per heavy atom. The van der Waals surface area contributed by atoms with E-state index in [1.807, 2.05) is 6.92 Å². The van der Waals surface area contributed by atoms with Crippen LogP contribution < -0.4 is 20.3 Å². The van der Waals surface area contributed by atoms with Gasteiger partial charge in [0.1, 0.15) is 11.9 Å². The van der Waals surface area contributed by atoms with E-state index in [1.54, 1.807) is 12.1 Å². The van der Waals surface area contributed by atoms with Gasteiger partial charge in [-0.1, -0.05) is 0 Å². The Morgan fingerprint density at radius 1 is 1.07 bits per heavy atom. The van der Waals surface area contributed by atoms with E-state index in [-0.39, 0.29) is 10.5 Å². The van der Waals surface area contributed by atoms with E-state index in [9.17, 15) is 18.0 Å². The molecular weight excluding hydrogens is 410 g/mol. The van der Waals surface area contributed by atoms with E-state index >= 15 is 0 Å². The second-order valence-electron chi connectivity index (χ2n) is 6.53. The molecule has 1 unspecified atom stereocenters. The highest BCUT2D eigenvalue weighted by Gasteiger charge is 2.23. The molecule has 0 saturated carbocycles. The topological polar surface area (TPSA) is 123 Å². The third-order valence-corrected chi connectivity index (χ3v) is 5.76. The summed E-state index contributed by atoms with van der Waals surface area (Å²) in [6.45, 7) is 2.86. The Kier molecular flexibility index (Phi) is 6.91. The lowest BCUT2D eigenvalue weighted by Gasteiger charge is -2.12. The van der Waals surface area contributed by atoms with Crippen LogP contribution in [0.15, 0.2) is 53.4 Å². The van der Waals surface area contributed by atoms with Crippen molar-refractivity contribution in [1.29, 1.82) is 0 Å². The molecule has 0 bridgehead atoms. The molecule has 0 aliphatic carbocycles. The molecule has 1 fully saturated rings. The highest BCUT2D eigenvalue weighted by Crippen LogP contribution is 2.20. The van der Waals surface area contributed by atoms with Gasteiger partial charge >= 0.3 is 0 Å². The monoisotopic (exact) mass is 433 g/mol. The summed E-state index contributed by atoms with van der Waals surface area (Å²) in [5.74, 6) is -0.346. The average Bonchev–Trinajstić information content (AvgIpc) is 3.28. The molecule has 10 heteroatoms. The number of carbonyl (C=O) groups is 2. The number of sulfonamides is 1. The number of nitrogens with one attached hydrogen (secondary N) is 3. The zero-order chi connectivity index (χ0) is 21.6. The van der Waals surface area contributed by atoms with Gasteiger partial charge in [-0.25, -0.2) is 8.42 Å². The zero-order valence-corrected chi connectivity index (χ0v) is 17.2. The van der Waals surface area contributed by atoms with Crippen LogP contribution in [-0.2, 0) is 19.6 Å². The van der Waals surface area contributed by atoms with Gasteiger partial charge in [-0.3, -0.25) is 25.2 Å². The van der Waals surface area contributed by atoms with Crippen molar-refractivity contribution in [3.8, 4) is 5.75 Å². The second kappa shape index (κ2) is 9.59. The molecule has 2 aromatic carbocycles. The number of hydrogen-bond donors (Lipinski definition) is 3. The smallest absolute Gasteiger partial charge is 0.269 e. The van der Waals surface area contributed by atoms with Gasteiger partial charge in [0.05, 0.1) is 11.5 Å². The molecule has 160 valence electrons. The van der Waals surface area contributed by atoms with E-state index in [1.165, 1.54) is 36.4 Å². The van der Waals surface area contributed by atoms with Crippen LogP contribution in [0.2, 0.25) is 0 Å². The summed E-state index contributed by atoms with van der Waals surface area (Å²) in [5.41, 5.74) is 5.19. The van der Waals surface area contributed by atoms with Crippen LogP contribution in [0.25, 0.3) is 0 Å². The minimum atomic E-state index is -3.79. The van der Waals surface area contributed by atoms with Crippen LogP contribution >= 0.6 is 0 Å². The van der Waals surface area contributed by atoms with Crippen molar-refractivity contribution in [3.05, 3.63) is 54.1 Å². The zero-order valence-electron chi connectivity index (χ0n) is 16.4. The van der Waals surface area contributed by atoms with Gasteiger partial charge in [0.2, 0.25) is 0 Å². The molecule has 0 spiro atoms. The van der Waals surface area contributed by atoms with Crippen LogP contribution in [0.3, 0.4) is 0 Å². The number of rotatable bonds is 7.